The maximum absolute atomic E-state index is 11.5. The molecule has 1 aliphatic heterocycles. The quantitative estimate of drug-likeness (QED) is 0.668. The normalized spacial score (nSPS) is 21.4. The Morgan fingerprint density at radius 3 is 2.07 bits per heavy atom. The third-order valence-electron chi connectivity index (χ3n) is 2.38. The number of sulfonamides is 1. The zero-order valence-electron chi connectivity index (χ0n) is 8.88. The van der Waals surface area contributed by atoms with Crippen LogP contribution in [-0.2, 0) is 14.8 Å². The van der Waals surface area contributed by atoms with E-state index in [4.69, 9.17) is 0 Å². The van der Waals surface area contributed by atoms with Crippen LogP contribution in [-0.4, -0.2) is 61.2 Å². The van der Waals surface area contributed by atoms with Gasteiger partial charge in [-0.3, -0.25) is 4.79 Å². The summed E-state index contributed by atoms with van der Waals surface area (Å²) < 4.78 is 23.8. The first-order chi connectivity index (χ1) is 6.82. The number of rotatable bonds is 2. The first-order valence-corrected chi connectivity index (χ1v) is 7.11. The van der Waals surface area contributed by atoms with Crippen LogP contribution in [0.4, 0.5) is 0 Å². The van der Waals surface area contributed by atoms with Crippen LogP contribution < -0.4 is 0 Å². The monoisotopic (exact) mass is 252 g/mol. The maximum atomic E-state index is 11.5. The van der Waals surface area contributed by atoms with Gasteiger partial charge in [0.1, 0.15) is 0 Å². The molecule has 1 rings (SSSR count). The number of carbonyl (C=O) groups is 1. The van der Waals surface area contributed by atoms with Gasteiger partial charge in [-0.1, -0.05) is 0 Å². The first-order valence-electron chi connectivity index (χ1n) is 4.74. The van der Waals surface area contributed by atoms with Crippen molar-refractivity contribution >= 4 is 28.6 Å². The molecule has 1 atom stereocenters. The van der Waals surface area contributed by atoms with Crippen molar-refractivity contribution in [3.8, 4) is 0 Å². The van der Waals surface area contributed by atoms with E-state index in [-0.39, 0.29) is 11.2 Å². The summed E-state index contributed by atoms with van der Waals surface area (Å²) in [7, 11) is -3.12. The molecule has 1 unspecified atom stereocenters. The molecule has 0 radical (unpaired) electrons. The predicted octanol–water partition coefficient (Wildman–Crippen LogP) is -0.591. The van der Waals surface area contributed by atoms with Crippen molar-refractivity contribution in [2.45, 2.75) is 12.2 Å². The molecular weight excluding hydrogens is 236 g/mol. The molecule has 0 N–H and O–H groups in total. The van der Waals surface area contributed by atoms with Gasteiger partial charge in [0.2, 0.25) is 15.9 Å². The van der Waals surface area contributed by atoms with Crippen molar-refractivity contribution < 1.29 is 13.2 Å². The van der Waals surface area contributed by atoms with Crippen LogP contribution in [0.2, 0.25) is 0 Å². The molecule has 1 aliphatic rings. The summed E-state index contributed by atoms with van der Waals surface area (Å²) in [6.45, 7) is 3.39. The van der Waals surface area contributed by atoms with Gasteiger partial charge in [-0.05, 0) is 6.92 Å². The molecule has 15 heavy (non-hydrogen) atoms. The summed E-state index contributed by atoms with van der Waals surface area (Å²) in [6, 6.07) is 0. The number of amides is 1. The highest BCUT2D eigenvalue weighted by Gasteiger charge is 2.26. The summed E-state index contributed by atoms with van der Waals surface area (Å²) in [4.78, 5) is 13.2. The number of hydrogen-bond acceptors (Lipinski definition) is 4. The molecule has 0 spiro atoms. The van der Waals surface area contributed by atoms with Gasteiger partial charge < -0.3 is 4.90 Å². The average molecular weight is 252 g/mol. The van der Waals surface area contributed by atoms with Crippen LogP contribution in [0.5, 0.6) is 0 Å². The smallest absolute Gasteiger partial charge is 0.235 e. The molecule has 1 fully saturated rings. The van der Waals surface area contributed by atoms with Crippen LogP contribution in [0, 0.1) is 0 Å². The zero-order chi connectivity index (χ0) is 11.6. The lowest BCUT2D eigenvalue weighted by atomic mass is 10.3. The van der Waals surface area contributed by atoms with E-state index in [9.17, 15) is 13.2 Å². The second kappa shape index (κ2) is 4.71. The van der Waals surface area contributed by atoms with E-state index < -0.39 is 10.0 Å². The van der Waals surface area contributed by atoms with E-state index in [0.717, 1.165) is 0 Å². The summed E-state index contributed by atoms with van der Waals surface area (Å²) in [5.74, 6) is -0.0357. The highest BCUT2D eigenvalue weighted by molar-refractivity contribution is 7.88. The molecule has 1 amide bonds. The van der Waals surface area contributed by atoms with E-state index in [1.165, 1.54) is 10.6 Å². The van der Waals surface area contributed by atoms with Gasteiger partial charge in [-0.2, -0.15) is 16.9 Å². The summed E-state index contributed by atoms with van der Waals surface area (Å²) in [5, 5.41) is -0.324. The largest absolute Gasteiger partial charge is 0.339 e. The Balaban J connectivity index is 2.53. The minimum absolute atomic E-state index is 0.0357. The Bertz CT molecular complexity index is 332. The van der Waals surface area contributed by atoms with E-state index in [2.05, 4.69) is 12.6 Å². The second-order valence-corrected chi connectivity index (χ2v) is 6.42. The van der Waals surface area contributed by atoms with Crippen molar-refractivity contribution in [2.75, 3.05) is 32.4 Å². The van der Waals surface area contributed by atoms with Crippen molar-refractivity contribution in [1.82, 2.24) is 9.21 Å². The first kappa shape index (κ1) is 12.8. The molecule has 0 saturated carbocycles. The van der Waals surface area contributed by atoms with Gasteiger partial charge in [-0.25, -0.2) is 8.42 Å². The molecule has 88 valence electrons. The van der Waals surface area contributed by atoms with Crippen LogP contribution in [0.1, 0.15) is 6.92 Å². The SMILES string of the molecule is CC(S)C(=O)N1CCN(S(C)(=O)=O)CC1. The summed E-state index contributed by atoms with van der Waals surface area (Å²) in [6.07, 6.45) is 1.19. The van der Waals surface area contributed by atoms with Crippen molar-refractivity contribution in [2.24, 2.45) is 0 Å². The Morgan fingerprint density at radius 1 is 1.27 bits per heavy atom. The molecule has 0 aromatic heterocycles. The van der Waals surface area contributed by atoms with E-state index in [0.29, 0.717) is 26.2 Å². The summed E-state index contributed by atoms with van der Waals surface area (Å²) in [5.41, 5.74) is 0. The Labute approximate surface area is 95.9 Å². The standard InChI is InChI=1S/C8H16N2O3S2/c1-7(14)8(11)9-3-5-10(6-4-9)15(2,12)13/h7,14H,3-6H2,1-2H3. The molecular formula is C8H16N2O3S2. The van der Waals surface area contributed by atoms with Crippen LogP contribution in [0.25, 0.3) is 0 Å². The fourth-order valence-electron chi connectivity index (χ4n) is 1.50. The van der Waals surface area contributed by atoms with E-state index >= 15 is 0 Å². The fraction of sp³-hybridized carbons (Fsp3) is 0.875. The molecule has 5 nitrogen and oxygen atoms in total. The average Bonchev–Trinajstić information content (AvgIpc) is 2.15. The van der Waals surface area contributed by atoms with Gasteiger partial charge in [0.25, 0.3) is 0 Å². The molecule has 0 bridgehead atoms. The molecule has 1 heterocycles. The van der Waals surface area contributed by atoms with Crippen LogP contribution >= 0.6 is 12.6 Å². The number of piperazine rings is 1. The number of carbonyl (C=O) groups excluding carboxylic acids is 1. The molecule has 1 saturated heterocycles. The number of hydrogen-bond donors (Lipinski definition) is 1. The van der Waals surface area contributed by atoms with Gasteiger partial charge >= 0.3 is 0 Å². The van der Waals surface area contributed by atoms with E-state index in [1.807, 2.05) is 0 Å². The zero-order valence-corrected chi connectivity index (χ0v) is 10.6. The van der Waals surface area contributed by atoms with Crippen LogP contribution in [0.15, 0.2) is 0 Å². The van der Waals surface area contributed by atoms with Crippen molar-refractivity contribution in [1.29, 1.82) is 0 Å². The maximum Gasteiger partial charge on any atom is 0.235 e. The molecule has 0 aliphatic carbocycles. The van der Waals surface area contributed by atoms with E-state index in [1.54, 1.807) is 11.8 Å². The topological polar surface area (TPSA) is 57.7 Å². The molecule has 7 heteroatoms. The van der Waals surface area contributed by atoms with Gasteiger partial charge in [-0.15, -0.1) is 0 Å². The highest BCUT2D eigenvalue weighted by Crippen LogP contribution is 2.08. The third-order valence-corrected chi connectivity index (χ3v) is 3.90. The minimum atomic E-state index is -3.12. The third kappa shape index (κ3) is 3.35. The Kier molecular flexibility index (Phi) is 4.02. The highest BCUT2D eigenvalue weighted by atomic mass is 32.2. The van der Waals surface area contributed by atoms with Gasteiger partial charge in [0.15, 0.2) is 0 Å². The molecule has 0 aromatic carbocycles. The lowest BCUT2D eigenvalue weighted by Crippen LogP contribution is -2.51. The second-order valence-electron chi connectivity index (χ2n) is 3.66. The van der Waals surface area contributed by atoms with Crippen molar-refractivity contribution in [3.63, 3.8) is 0 Å². The minimum Gasteiger partial charge on any atom is -0.339 e. The Hall–Kier alpha value is -0.270. The summed E-state index contributed by atoms with van der Waals surface area (Å²) >= 11 is 4.06. The lowest BCUT2D eigenvalue weighted by Gasteiger charge is -2.33. The lowest BCUT2D eigenvalue weighted by molar-refractivity contribution is -0.131. The number of nitrogens with zero attached hydrogens (tertiary/aromatic N) is 2. The predicted molar refractivity (Wildman–Crippen MR) is 61.4 cm³/mol. The fourth-order valence-corrected chi connectivity index (χ4v) is 2.49. The van der Waals surface area contributed by atoms with Gasteiger partial charge in [0.05, 0.1) is 11.5 Å². The van der Waals surface area contributed by atoms with Gasteiger partial charge in [0, 0.05) is 26.2 Å². The van der Waals surface area contributed by atoms with Crippen molar-refractivity contribution in [3.05, 3.63) is 0 Å². The Morgan fingerprint density at radius 2 is 1.73 bits per heavy atom. The van der Waals surface area contributed by atoms with Crippen LogP contribution in [0.3, 0.4) is 0 Å². The number of thiol groups is 1. The molecule has 0 aromatic rings.